The fraction of sp³-hybridized carbons (Fsp3) is 0.771. The van der Waals surface area contributed by atoms with E-state index in [9.17, 15) is 68.1 Å². The van der Waals surface area contributed by atoms with Gasteiger partial charge in [-0.15, -0.1) is 0 Å². The van der Waals surface area contributed by atoms with Gasteiger partial charge in [-0.25, -0.2) is 0 Å². The van der Waals surface area contributed by atoms with Crippen molar-refractivity contribution in [3.63, 3.8) is 0 Å². The van der Waals surface area contributed by atoms with E-state index < -0.39 is 96.0 Å². The molecular weight excluding hydrogens is 893 g/mol. The lowest BCUT2D eigenvalue weighted by Gasteiger charge is -2.15. The van der Waals surface area contributed by atoms with Crippen LogP contribution in [0, 0.1) is 23.7 Å². The fourth-order valence-electron chi connectivity index (χ4n) is 7.02. The first-order chi connectivity index (χ1) is 32.3. The monoisotopic (exact) mass is 971 g/mol. The molecule has 20 heteroatoms. The quantitative estimate of drug-likeness (QED) is 0.0366. The number of nitrogens with one attached hydrogen (secondary N) is 2. The van der Waals surface area contributed by atoms with E-state index in [1.165, 1.54) is 0 Å². The SMILES string of the molecule is C[C@@H](CCCCNC(=O)CC[C@H](CC(=O)CC[C@H](CC(=O)CC[C@H](CC(=O)CCC(=O)NCCCOCCCCOCCCCC(=O)CCCCCCC(=O)O)C(=O)O)C(=O)O)C(=O)O)C(=O)O. The zero-order chi connectivity index (χ0) is 51.1. The Morgan fingerprint density at radius 2 is 0.765 bits per heavy atom. The summed E-state index contributed by atoms with van der Waals surface area (Å²) >= 11 is 0. The van der Waals surface area contributed by atoms with Crippen LogP contribution in [0.3, 0.4) is 0 Å². The predicted octanol–water partition coefficient (Wildman–Crippen LogP) is 5.58. The zero-order valence-electron chi connectivity index (χ0n) is 40.0. The first-order valence-electron chi connectivity index (χ1n) is 24.2. The molecule has 68 heavy (non-hydrogen) atoms. The van der Waals surface area contributed by atoms with Crippen LogP contribution >= 0.6 is 0 Å². The van der Waals surface area contributed by atoms with Crippen molar-refractivity contribution in [2.75, 3.05) is 39.5 Å². The van der Waals surface area contributed by atoms with Gasteiger partial charge in [0.2, 0.25) is 11.8 Å². The second-order valence-electron chi connectivity index (χ2n) is 17.5. The van der Waals surface area contributed by atoms with E-state index in [2.05, 4.69) is 10.6 Å². The van der Waals surface area contributed by atoms with E-state index in [4.69, 9.17) is 19.7 Å². The molecule has 0 saturated heterocycles. The summed E-state index contributed by atoms with van der Waals surface area (Å²) < 4.78 is 11.2. The molecule has 4 atom stereocenters. The summed E-state index contributed by atoms with van der Waals surface area (Å²) in [6.07, 6.45) is 6.44. The van der Waals surface area contributed by atoms with Crippen LogP contribution in [0.4, 0.5) is 0 Å². The van der Waals surface area contributed by atoms with Crippen molar-refractivity contribution < 1.29 is 87.7 Å². The third kappa shape index (κ3) is 36.9. The number of Topliss-reactive ketones (excluding diaryl/α,β-unsaturated/α-hetero) is 4. The molecule has 0 rings (SSSR count). The number of carbonyl (C=O) groups is 11. The lowest BCUT2D eigenvalue weighted by Crippen LogP contribution is -2.27. The third-order valence-corrected chi connectivity index (χ3v) is 11.4. The van der Waals surface area contributed by atoms with Gasteiger partial charge in [-0.3, -0.25) is 52.7 Å². The number of ether oxygens (including phenoxy) is 2. The number of ketones is 4. The number of unbranched alkanes of at least 4 members (excludes halogenated alkanes) is 6. The summed E-state index contributed by atoms with van der Waals surface area (Å²) in [5.74, 6) is -12.1. The van der Waals surface area contributed by atoms with Gasteiger partial charge in [0, 0.05) is 110 Å². The number of carboxylic acid groups (broad SMARTS) is 5. The van der Waals surface area contributed by atoms with Gasteiger partial charge in [0.05, 0.1) is 23.7 Å². The van der Waals surface area contributed by atoms with Gasteiger partial charge >= 0.3 is 29.8 Å². The minimum atomic E-state index is -1.36. The van der Waals surface area contributed by atoms with Crippen molar-refractivity contribution in [3.05, 3.63) is 0 Å². The van der Waals surface area contributed by atoms with Crippen LogP contribution in [-0.4, -0.2) is 130 Å². The molecular formula is C48H78N2O18. The molecule has 0 aliphatic heterocycles. The molecule has 388 valence electrons. The van der Waals surface area contributed by atoms with Crippen LogP contribution in [0.2, 0.25) is 0 Å². The van der Waals surface area contributed by atoms with Gasteiger partial charge in [-0.1, -0.05) is 26.2 Å². The van der Waals surface area contributed by atoms with Crippen LogP contribution in [0.15, 0.2) is 0 Å². The Balaban J connectivity index is 4.24. The number of hydrogen-bond donors (Lipinski definition) is 7. The maximum absolute atomic E-state index is 12.7. The normalized spacial score (nSPS) is 12.8. The molecule has 0 aliphatic rings. The zero-order valence-corrected chi connectivity index (χ0v) is 40.0. The van der Waals surface area contributed by atoms with E-state index in [1.807, 2.05) is 0 Å². The summed E-state index contributed by atoms with van der Waals surface area (Å²) in [7, 11) is 0. The number of aliphatic carboxylic acids is 5. The Hall–Kier alpha value is -5.11. The lowest BCUT2D eigenvalue weighted by atomic mass is 9.89. The van der Waals surface area contributed by atoms with Crippen molar-refractivity contribution in [1.82, 2.24) is 10.6 Å². The van der Waals surface area contributed by atoms with Crippen LogP contribution in [0.25, 0.3) is 0 Å². The van der Waals surface area contributed by atoms with Gasteiger partial charge < -0.3 is 45.6 Å². The molecule has 0 aliphatic carbocycles. The largest absolute Gasteiger partial charge is 0.481 e. The van der Waals surface area contributed by atoms with E-state index in [-0.39, 0.29) is 76.0 Å². The van der Waals surface area contributed by atoms with Crippen LogP contribution in [-0.2, 0) is 62.2 Å². The molecule has 2 amide bonds. The topological polar surface area (TPSA) is 331 Å². The number of rotatable bonds is 48. The molecule has 0 aromatic heterocycles. The molecule has 0 spiro atoms. The van der Waals surface area contributed by atoms with Gasteiger partial charge in [-0.2, -0.15) is 0 Å². The molecule has 0 aromatic carbocycles. The van der Waals surface area contributed by atoms with Crippen molar-refractivity contribution in [2.45, 2.75) is 174 Å². The molecule has 0 radical (unpaired) electrons. The molecule has 0 aromatic rings. The highest BCUT2D eigenvalue weighted by Gasteiger charge is 2.28. The van der Waals surface area contributed by atoms with E-state index in [1.54, 1.807) is 6.92 Å². The van der Waals surface area contributed by atoms with E-state index in [0.717, 1.165) is 44.9 Å². The fourth-order valence-corrected chi connectivity index (χ4v) is 7.02. The summed E-state index contributed by atoms with van der Waals surface area (Å²) in [5, 5.41) is 51.8. The minimum Gasteiger partial charge on any atom is -0.481 e. The Morgan fingerprint density at radius 3 is 1.24 bits per heavy atom. The molecule has 20 nitrogen and oxygen atoms in total. The van der Waals surface area contributed by atoms with Crippen LogP contribution < -0.4 is 10.6 Å². The Morgan fingerprint density at radius 1 is 0.368 bits per heavy atom. The first kappa shape index (κ1) is 62.9. The van der Waals surface area contributed by atoms with Crippen molar-refractivity contribution in [2.24, 2.45) is 23.7 Å². The number of hydrogen-bond acceptors (Lipinski definition) is 13. The Labute approximate surface area is 399 Å². The van der Waals surface area contributed by atoms with E-state index in [0.29, 0.717) is 77.9 Å². The highest BCUT2D eigenvalue weighted by Crippen LogP contribution is 2.21. The summed E-state index contributed by atoms with van der Waals surface area (Å²) in [6, 6.07) is 0. The third-order valence-electron chi connectivity index (χ3n) is 11.4. The molecule has 0 heterocycles. The summed E-state index contributed by atoms with van der Waals surface area (Å²) in [4.78, 5) is 131. The number of carbonyl (C=O) groups excluding carboxylic acids is 6. The Kier molecular flexibility index (Phi) is 36.8. The minimum absolute atomic E-state index is 0.139. The molecule has 0 saturated carbocycles. The standard InChI is InChI=1S/C48H78N2O18/c1-34(45(59)60)13-6-8-25-49-42(55)23-19-37(48(65)66)33-40(53)21-17-35(46(61)62)31-39(52)20-18-36(47(63)64)32-41(54)22-24-43(56)50-26-12-30-68-29-11-10-28-67-27-9-7-15-38(51)14-4-2-3-5-16-44(57)58/h34-37H,2-33H2,1H3,(H,49,55)(H,50,56)(H,57,58)(H,59,60)(H,61,62)(H,63,64)(H,65,66)/t34-,35+,36+,37+/m0/s1. The average molecular weight is 971 g/mol. The molecule has 7 N–H and O–H groups in total. The van der Waals surface area contributed by atoms with Crippen molar-refractivity contribution in [3.8, 4) is 0 Å². The second kappa shape index (κ2) is 39.8. The van der Waals surface area contributed by atoms with Crippen LogP contribution in [0.1, 0.15) is 174 Å². The maximum Gasteiger partial charge on any atom is 0.306 e. The van der Waals surface area contributed by atoms with Gasteiger partial charge in [-0.05, 0) is 77.0 Å². The summed E-state index contributed by atoms with van der Waals surface area (Å²) in [5.41, 5.74) is 0. The number of amides is 2. The second-order valence-corrected chi connectivity index (χ2v) is 17.5. The Bertz CT molecular complexity index is 1580. The maximum atomic E-state index is 12.7. The lowest BCUT2D eigenvalue weighted by molar-refractivity contribution is -0.146. The van der Waals surface area contributed by atoms with Gasteiger partial charge in [0.15, 0.2) is 0 Å². The van der Waals surface area contributed by atoms with Crippen molar-refractivity contribution >= 4 is 64.8 Å². The molecule has 0 bridgehead atoms. The molecule has 0 unspecified atom stereocenters. The highest BCUT2D eigenvalue weighted by molar-refractivity contribution is 5.89. The smallest absolute Gasteiger partial charge is 0.306 e. The average Bonchev–Trinajstić information content (AvgIpc) is 3.27. The van der Waals surface area contributed by atoms with Crippen LogP contribution in [0.5, 0.6) is 0 Å². The van der Waals surface area contributed by atoms with Gasteiger partial charge in [0.1, 0.15) is 23.1 Å². The van der Waals surface area contributed by atoms with Gasteiger partial charge in [0.25, 0.3) is 0 Å². The predicted molar refractivity (Wildman–Crippen MR) is 246 cm³/mol. The van der Waals surface area contributed by atoms with Crippen molar-refractivity contribution in [1.29, 1.82) is 0 Å². The summed E-state index contributed by atoms with van der Waals surface area (Å²) in [6.45, 7) is 4.30. The highest BCUT2D eigenvalue weighted by atomic mass is 16.5. The first-order valence-corrected chi connectivity index (χ1v) is 24.2. The number of carboxylic acids is 5. The molecule has 0 fully saturated rings. The van der Waals surface area contributed by atoms with E-state index >= 15 is 0 Å².